The molecule has 0 aliphatic carbocycles. The van der Waals surface area contributed by atoms with Crippen molar-refractivity contribution in [1.29, 1.82) is 0 Å². The summed E-state index contributed by atoms with van der Waals surface area (Å²) >= 11 is 0.715. The fourth-order valence-corrected chi connectivity index (χ4v) is 6.13. The van der Waals surface area contributed by atoms with E-state index in [9.17, 15) is 22.8 Å². The normalized spacial score (nSPS) is 17.9. The quantitative estimate of drug-likeness (QED) is 0.362. The Morgan fingerprint density at radius 2 is 1.95 bits per heavy atom. The lowest BCUT2D eigenvalue weighted by molar-refractivity contribution is -0.217. The molecule has 3 aromatic heterocycles. The van der Waals surface area contributed by atoms with Gasteiger partial charge in [0.25, 0.3) is 0 Å². The molecule has 0 unspecified atom stereocenters. The van der Waals surface area contributed by atoms with Crippen molar-refractivity contribution in [3.63, 3.8) is 0 Å². The summed E-state index contributed by atoms with van der Waals surface area (Å²) in [6.07, 6.45) is -2.88. The van der Waals surface area contributed by atoms with Gasteiger partial charge in [-0.1, -0.05) is 0 Å². The minimum Gasteiger partial charge on any atom is -0.450 e. The standard InChI is InChI=1S/C25H27F3N4O5S/c1-36-24(37-23(34)35)7-11-30(12-8-24)15-21(33)31-10-6-17-18-3-2-9-29-22(18)32(19(17)14-31)13-16-4-5-20(38-16)25(26,27)28/h2-5,9H,6-8,10-15H2,1H3,(H,34,35). The van der Waals surface area contributed by atoms with Crippen molar-refractivity contribution in [2.45, 2.75) is 44.3 Å². The highest BCUT2D eigenvalue weighted by molar-refractivity contribution is 7.12. The lowest BCUT2D eigenvalue weighted by Gasteiger charge is -2.39. The van der Waals surface area contributed by atoms with Crippen LogP contribution in [-0.2, 0) is 40.0 Å². The Hall–Kier alpha value is -3.16. The van der Waals surface area contributed by atoms with E-state index in [4.69, 9.17) is 14.6 Å². The van der Waals surface area contributed by atoms with Gasteiger partial charge in [0.1, 0.15) is 10.5 Å². The van der Waals surface area contributed by atoms with Gasteiger partial charge in [0, 0.05) is 61.7 Å². The molecular formula is C25H27F3N4O5S. The zero-order chi connectivity index (χ0) is 27.1. The third-order valence-electron chi connectivity index (χ3n) is 7.24. The van der Waals surface area contributed by atoms with Crippen LogP contribution in [0.4, 0.5) is 18.0 Å². The number of pyridine rings is 1. The molecule has 38 heavy (non-hydrogen) atoms. The molecule has 0 aromatic carbocycles. The molecule has 9 nitrogen and oxygen atoms in total. The molecule has 0 saturated carbocycles. The third kappa shape index (κ3) is 5.22. The van der Waals surface area contributed by atoms with Gasteiger partial charge >= 0.3 is 12.3 Å². The first-order valence-corrected chi connectivity index (χ1v) is 13.0. The predicted molar refractivity (Wildman–Crippen MR) is 132 cm³/mol. The van der Waals surface area contributed by atoms with Crippen molar-refractivity contribution < 1.29 is 37.3 Å². The molecule has 1 N–H and O–H groups in total. The molecule has 5 rings (SSSR count). The minimum atomic E-state index is -4.39. The topological polar surface area (TPSA) is 97.1 Å². The molecule has 13 heteroatoms. The van der Waals surface area contributed by atoms with Gasteiger partial charge in [0.05, 0.1) is 19.6 Å². The van der Waals surface area contributed by atoms with Gasteiger partial charge in [-0.05, 0) is 36.2 Å². The number of thiophene rings is 1. The summed E-state index contributed by atoms with van der Waals surface area (Å²) < 4.78 is 51.7. The first-order chi connectivity index (χ1) is 18.1. The van der Waals surface area contributed by atoms with Gasteiger partial charge < -0.3 is 24.0 Å². The third-order valence-corrected chi connectivity index (χ3v) is 8.36. The van der Waals surface area contributed by atoms with Crippen LogP contribution in [-0.4, -0.2) is 75.6 Å². The second-order valence-electron chi connectivity index (χ2n) is 9.47. The minimum absolute atomic E-state index is 0.0695. The van der Waals surface area contributed by atoms with Crippen molar-refractivity contribution in [3.8, 4) is 0 Å². The van der Waals surface area contributed by atoms with Crippen molar-refractivity contribution >= 4 is 34.4 Å². The number of carboxylic acid groups (broad SMARTS) is 1. The zero-order valence-corrected chi connectivity index (χ0v) is 21.5. The van der Waals surface area contributed by atoms with E-state index < -0.39 is 23.0 Å². The van der Waals surface area contributed by atoms with E-state index in [1.165, 1.54) is 13.2 Å². The largest absolute Gasteiger partial charge is 0.508 e. The molecule has 204 valence electrons. The number of fused-ring (bicyclic) bond motifs is 3. The second-order valence-corrected chi connectivity index (χ2v) is 10.6. The number of nitrogens with zero attached hydrogens (tertiary/aromatic N) is 4. The van der Waals surface area contributed by atoms with Crippen molar-refractivity contribution in [2.75, 3.05) is 33.3 Å². The number of carbonyl (C=O) groups is 2. The maximum absolute atomic E-state index is 13.3. The van der Waals surface area contributed by atoms with E-state index in [-0.39, 0.29) is 19.0 Å². The number of methoxy groups -OCH3 is 1. The summed E-state index contributed by atoms with van der Waals surface area (Å²) in [5.74, 6) is -1.27. The average molecular weight is 553 g/mol. The number of carbonyl (C=O) groups excluding carboxylic acids is 1. The monoisotopic (exact) mass is 552 g/mol. The zero-order valence-electron chi connectivity index (χ0n) is 20.7. The number of piperidine rings is 1. The highest BCUT2D eigenvalue weighted by Gasteiger charge is 2.39. The first-order valence-electron chi connectivity index (χ1n) is 12.2. The van der Waals surface area contributed by atoms with Crippen LogP contribution in [0, 0.1) is 0 Å². The average Bonchev–Trinajstić information content (AvgIpc) is 3.48. The van der Waals surface area contributed by atoms with Crippen LogP contribution in [0.5, 0.6) is 0 Å². The summed E-state index contributed by atoms with van der Waals surface area (Å²) in [7, 11) is 1.41. The van der Waals surface area contributed by atoms with E-state index in [0.717, 1.165) is 22.7 Å². The van der Waals surface area contributed by atoms with Crippen LogP contribution in [0.25, 0.3) is 11.0 Å². The highest BCUT2D eigenvalue weighted by atomic mass is 32.1. The number of ether oxygens (including phenoxy) is 2. The van der Waals surface area contributed by atoms with Crippen molar-refractivity contribution in [2.24, 2.45) is 0 Å². The van der Waals surface area contributed by atoms with Crippen LogP contribution < -0.4 is 0 Å². The Morgan fingerprint density at radius 1 is 1.18 bits per heavy atom. The molecule has 0 atom stereocenters. The van der Waals surface area contributed by atoms with Crippen LogP contribution >= 0.6 is 11.3 Å². The molecule has 1 saturated heterocycles. The van der Waals surface area contributed by atoms with Crippen LogP contribution in [0.3, 0.4) is 0 Å². The number of aromatic nitrogens is 2. The SMILES string of the molecule is COC1(OC(=O)O)CCN(CC(=O)N2CCc3c(n(Cc4ccc(C(F)(F)F)s4)c4ncccc34)C2)CC1. The molecule has 3 aromatic rings. The maximum atomic E-state index is 13.3. The summed E-state index contributed by atoms with van der Waals surface area (Å²) in [5.41, 5.74) is 2.64. The number of halogens is 3. The van der Waals surface area contributed by atoms with Crippen molar-refractivity contribution in [3.05, 3.63) is 51.5 Å². The Kier molecular flexibility index (Phi) is 7.09. The van der Waals surface area contributed by atoms with Gasteiger partial charge in [-0.3, -0.25) is 9.69 Å². The lowest BCUT2D eigenvalue weighted by Crippen LogP contribution is -2.51. The summed E-state index contributed by atoms with van der Waals surface area (Å²) in [5, 5.41) is 9.95. The highest BCUT2D eigenvalue weighted by Crippen LogP contribution is 2.36. The van der Waals surface area contributed by atoms with E-state index in [2.05, 4.69) is 4.98 Å². The maximum Gasteiger partial charge on any atom is 0.508 e. The molecule has 0 bridgehead atoms. The van der Waals surface area contributed by atoms with Gasteiger partial charge in [-0.2, -0.15) is 13.2 Å². The fraction of sp³-hybridized carbons (Fsp3) is 0.480. The smallest absolute Gasteiger partial charge is 0.450 e. The molecule has 1 fully saturated rings. The molecule has 1 amide bonds. The predicted octanol–water partition coefficient (Wildman–Crippen LogP) is 4.18. The van der Waals surface area contributed by atoms with Gasteiger partial charge in [-0.25, -0.2) is 9.78 Å². The molecule has 0 spiro atoms. The Bertz CT molecular complexity index is 1350. The molecule has 5 heterocycles. The van der Waals surface area contributed by atoms with E-state index in [1.54, 1.807) is 11.1 Å². The summed E-state index contributed by atoms with van der Waals surface area (Å²) in [4.78, 5) is 32.4. The van der Waals surface area contributed by atoms with E-state index in [0.29, 0.717) is 67.3 Å². The number of rotatable bonds is 6. The van der Waals surface area contributed by atoms with Gasteiger partial charge in [0.2, 0.25) is 11.7 Å². The Balaban J connectivity index is 1.31. The molecular weight excluding hydrogens is 525 g/mol. The second kappa shape index (κ2) is 10.2. The lowest BCUT2D eigenvalue weighted by atomic mass is 10.0. The van der Waals surface area contributed by atoms with Crippen LogP contribution in [0.1, 0.15) is 33.9 Å². The molecule has 2 aliphatic heterocycles. The number of hydrogen-bond donors (Lipinski definition) is 1. The fourth-order valence-electron chi connectivity index (χ4n) is 5.26. The first kappa shape index (κ1) is 26.4. The summed E-state index contributed by atoms with van der Waals surface area (Å²) in [6.45, 7) is 2.14. The Morgan fingerprint density at radius 3 is 2.61 bits per heavy atom. The van der Waals surface area contributed by atoms with Crippen LogP contribution in [0.2, 0.25) is 0 Å². The van der Waals surface area contributed by atoms with Crippen LogP contribution in [0.15, 0.2) is 30.5 Å². The van der Waals surface area contributed by atoms with Gasteiger partial charge in [-0.15, -0.1) is 11.3 Å². The van der Waals surface area contributed by atoms with E-state index in [1.807, 2.05) is 21.6 Å². The summed E-state index contributed by atoms with van der Waals surface area (Å²) in [6, 6.07) is 6.38. The Labute approximate surface area is 220 Å². The number of alkyl halides is 3. The van der Waals surface area contributed by atoms with Gasteiger partial charge in [0.15, 0.2) is 0 Å². The number of hydrogen-bond acceptors (Lipinski definition) is 7. The number of amides is 1. The number of likely N-dealkylation sites (tertiary alicyclic amines) is 1. The van der Waals surface area contributed by atoms with E-state index >= 15 is 0 Å². The van der Waals surface area contributed by atoms with Crippen molar-refractivity contribution in [1.82, 2.24) is 19.4 Å². The molecule has 2 aliphatic rings. The molecule has 0 radical (unpaired) electrons.